The highest BCUT2D eigenvalue weighted by Gasteiger charge is 2.17. The number of H-pyrrole nitrogens is 1. The van der Waals surface area contributed by atoms with Crippen molar-refractivity contribution in [2.75, 3.05) is 5.73 Å². The Labute approximate surface area is 120 Å². The molecule has 0 fully saturated rings. The van der Waals surface area contributed by atoms with Gasteiger partial charge in [0.2, 0.25) is 0 Å². The van der Waals surface area contributed by atoms with E-state index in [1.54, 1.807) is 0 Å². The van der Waals surface area contributed by atoms with Crippen molar-refractivity contribution in [2.45, 2.75) is 26.3 Å². The van der Waals surface area contributed by atoms with Gasteiger partial charge in [-0.2, -0.15) is 5.10 Å². The van der Waals surface area contributed by atoms with Crippen molar-refractivity contribution in [2.24, 2.45) is 0 Å². The summed E-state index contributed by atoms with van der Waals surface area (Å²) < 4.78 is 26.5. The third-order valence-corrected chi connectivity index (χ3v) is 3.05. The summed E-state index contributed by atoms with van der Waals surface area (Å²) in [5, 5.41) is 9.03. The molecule has 0 bridgehead atoms. The Morgan fingerprint density at radius 1 is 1.43 bits per heavy atom. The van der Waals surface area contributed by atoms with E-state index in [1.807, 2.05) is 6.92 Å². The van der Waals surface area contributed by atoms with E-state index in [0.717, 1.165) is 24.6 Å². The third kappa shape index (κ3) is 3.36. The normalized spacial score (nSPS) is 10.6. The van der Waals surface area contributed by atoms with Crippen LogP contribution >= 0.6 is 0 Å². The lowest BCUT2D eigenvalue weighted by molar-refractivity contribution is 0.0946. The van der Waals surface area contributed by atoms with Crippen LogP contribution < -0.4 is 11.1 Å². The summed E-state index contributed by atoms with van der Waals surface area (Å²) >= 11 is 0. The number of nitrogens with zero attached hydrogens (tertiary/aromatic N) is 1. The zero-order chi connectivity index (χ0) is 15.4. The van der Waals surface area contributed by atoms with Gasteiger partial charge in [-0.05, 0) is 24.6 Å². The van der Waals surface area contributed by atoms with E-state index in [9.17, 15) is 13.6 Å². The lowest BCUT2D eigenvalue weighted by Crippen LogP contribution is -2.24. The second kappa shape index (κ2) is 6.34. The Kier molecular flexibility index (Phi) is 4.52. The van der Waals surface area contributed by atoms with Crippen molar-refractivity contribution in [1.82, 2.24) is 15.5 Å². The van der Waals surface area contributed by atoms with Crippen LogP contribution in [0.1, 0.15) is 35.1 Å². The van der Waals surface area contributed by atoms with Crippen LogP contribution in [0.2, 0.25) is 0 Å². The predicted octanol–water partition coefficient (Wildman–Crippen LogP) is 2.15. The van der Waals surface area contributed by atoms with Crippen molar-refractivity contribution in [3.63, 3.8) is 0 Å². The fourth-order valence-electron chi connectivity index (χ4n) is 1.94. The van der Waals surface area contributed by atoms with Gasteiger partial charge in [0.1, 0.15) is 11.6 Å². The number of aromatic amines is 1. The molecule has 0 spiro atoms. The molecule has 5 nitrogen and oxygen atoms in total. The Balaban J connectivity index is 2.06. The van der Waals surface area contributed by atoms with Gasteiger partial charge in [-0.3, -0.25) is 9.89 Å². The van der Waals surface area contributed by atoms with Crippen LogP contribution in [0.4, 0.5) is 14.5 Å². The van der Waals surface area contributed by atoms with Crippen LogP contribution in [0.15, 0.2) is 18.2 Å². The van der Waals surface area contributed by atoms with Crippen LogP contribution in [-0.4, -0.2) is 16.1 Å². The van der Waals surface area contributed by atoms with Gasteiger partial charge in [0, 0.05) is 12.1 Å². The van der Waals surface area contributed by atoms with Crippen LogP contribution in [0, 0.1) is 11.6 Å². The molecule has 1 heterocycles. The van der Waals surface area contributed by atoms with Gasteiger partial charge >= 0.3 is 0 Å². The summed E-state index contributed by atoms with van der Waals surface area (Å²) in [7, 11) is 0. The molecular weight excluding hydrogens is 278 g/mol. The number of hydrogen-bond donors (Lipinski definition) is 3. The van der Waals surface area contributed by atoms with Crippen molar-refractivity contribution in [3.8, 4) is 0 Å². The first-order valence-electron chi connectivity index (χ1n) is 6.57. The first-order valence-corrected chi connectivity index (χ1v) is 6.57. The number of nitrogens with one attached hydrogen (secondary N) is 2. The van der Waals surface area contributed by atoms with E-state index < -0.39 is 17.5 Å². The average molecular weight is 294 g/mol. The van der Waals surface area contributed by atoms with Gasteiger partial charge in [0.25, 0.3) is 5.91 Å². The van der Waals surface area contributed by atoms with E-state index in [4.69, 9.17) is 5.73 Å². The number of halogens is 2. The minimum atomic E-state index is -0.585. The number of aryl methyl sites for hydroxylation is 1. The standard InChI is InChI=1S/C14H16F2N4O/c1-2-3-11-12(17)13(20-19-11)14(21)18-7-8-6-9(15)4-5-10(8)16/h4-6H,2-3,7,17H2,1H3,(H,18,21)(H,19,20). The number of amides is 1. The molecule has 0 radical (unpaired) electrons. The van der Waals surface area contributed by atoms with Gasteiger partial charge in [-0.1, -0.05) is 13.3 Å². The molecule has 112 valence electrons. The van der Waals surface area contributed by atoms with Crippen molar-refractivity contribution >= 4 is 11.6 Å². The van der Waals surface area contributed by atoms with Crippen LogP contribution in [0.3, 0.4) is 0 Å². The van der Waals surface area contributed by atoms with Gasteiger partial charge in [0.05, 0.1) is 11.4 Å². The molecule has 0 atom stereocenters. The van der Waals surface area contributed by atoms with Gasteiger partial charge < -0.3 is 11.1 Å². The summed E-state index contributed by atoms with van der Waals surface area (Å²) in [6, 6.07) is 3.06. The van der Waals surface area contributed by atoms with Crippen molar-refractivity contribution in [1.29, 1.82) is 0 Å². The summed E-state index contributed by atoms with van der Waals surface area (Å²) in [5.41, 5.74) is 6.93. The van der Waals surface area contributed by atoms with E-state index in [-0.39, 0.29) is 23.5 Å². The lowest BCUT2D eigenvalue weighted by Gasteiger charge is -2.05. The number of aromatic nitrogens is 2. The quantitative estimate of drug-likeness (QED) is 0.790. The molecule has 7 heteroatoms. The predicted molar refractivity (Wildman–Crippen MR) is 74.5 cm³/mol. The number of nitrogen functional groups attached to an aromatic ring is 1. The molecule has 4 N–H and O–H groups in total. The first kappa shape index (κ1) is 15.0. The fourth-order valence-corrected chi connectivity index (χ4v) is 1.94. The van der Waals surface area contributed by atoms with E-state index in [1.165, 1.54) is 0 Å². The largest absolute Gasteiger partial charge is 0.395 e. The lowest BCUT2D eigenvalue weighted by atomic mass is 10.2. The third-order valence-electron chi connectivity index (χ3n) is 3.05. The highest BCUT2D eigenvalue weighted by atomic mass is 19.1. The molecular formula is C14H16F2N4O. The number of rotatable bonds is 5. The monoisotopic (exact) mass is 294 g/mol. The number of benzene rings is 1. The van der Waals surface area contributed by atoms with E-state index in [0.29, 0.717) is 12.1 Å². The van der Waals surface area contributed by atoms with Crippen LogP contribution in [0.5, 0.6) is 0 Å². The first-order chi connectivity index (χ1) is 10.0. The second-order valence-corrected chi connectivity index (χ2v) is 4.63. The van der Waals surface area contributed by atoms with Gasteiger partial charge in [0.15, 0.2) is 5.69 Å². The molecule has 0 aliphatic carbocycles. The maximum Gasteiger partial charge on any atom is 0.274 e. The number of carbonyl (C=O) groups excluding carboxylic acids is 1. The fraction of sp³-hybridized carbons (Fsp3) is 0.286. The number of nitrogens with two attached hydrogens (primary N) is 1. The molecule has 0 aliphatic heterocycles. The summed E-state index contributed by atoms with van der Waals surface area (Å²) in [5.74, 6) is -1.68. The zero-order valence-corrected chi connectivity index (χ0v) is 11.5. The van der Waals surface area contributed by atoms with Crippen molar-refractivity contribution < 1.29 is 13.6 Å². The molecule has 21 heavy (non-hydrogen) atoms. The molecule has 2 aromatic rings. The molecule has 1 aromatic heterocycles. The SMILES string of the molecule is CCCc1[nH]nc(C(=O)NCc2cc(F)ccc2F)c1N. The number of carbonyl (C=O) groups is 1. The minimum Gasteiger partial charge on any atom is -0.395 e. The number of anilines is 1. The molecule has 1 amide bonds. The number of hydrogen-bond acceptors (Lipinski definition) is 3. The highest BCUT2D eigenvalue weighted by molar-refractivity contribution is 5.97. The summed E-state index contributed by atoms with van der Waals surface area (Å²) in [6.45, 7) is 1.84. The Morgan fingerprint density at radius 3 is 2.90 bits per heavy atom. The molecule has 0 unspecified atom stereocenters. The second-order valence-electron chi connectivity index (χ2n) is 4.63. The minimum absolute atomic E-state index is 0.0613. The Hall–Kier alpha value is -2.44. The van der Waals surface area contributed by atoms with Gasteiger partial charge in [-0.15, -0.1) is 0 Å². The average Bonchev–Trinajstić information content (AvgIpc) is 2.81. The molecule has 1 aromatic carbocycles. The molecule has 0 saturated heterocycles. The zero-order valence-electron chi connectivity index (χ0n) is 11.5. The molecule has 2 rings (SSSR count). The van der Waals surface area contributed by atoms with Crippen molar-refractivity contribution in [3.05, 3.63) is 46.8 Å². The van der Waals surface area contributed by atoms with Crippen LogP contribution in [0.25, 0.3) is 0 Å². The Bertz CT molecular complexity index is 654. The molecule has 0 aliphatic rings. The van der Waals surface area contributed by atoms with Gasteiger partial charge in [-0.25, -0.2) is 8.78 Å². The topological polar surface area (TPSA) is 83.8 Å². The Morgan fingerprint density at radius 2 is 2.19 bits per heavy atom. The maximum absolute atomic E-state index is 13.4. The highest BCUT2D eigenvalue weighted by Crippen LogP contribution is 2.16. The summed E-state index contributed by atoms with van der Waals surface area (Å²) in [6.07, 6.45) is 1.55. The maximum atomic E-state index is 13.4. The smallest absolute Gasteiger partial charge is 0.274 e. The van der Waals surface area contributed by atoms with E-state index >= 15 is 0 Å². The molecule has 0 saturated carbocycles. The van der Waals surface area contributed by atoms with Crippen LogP contribution in [-0.2, 0) is 13.0 Å². The summed E-state index contributed by atoms with van der Waals surface area (Å²) in [4.78, 5) is 12.0. The van der Waals surface area contributed by atoms with E-state index in [2.05, 4.69) is 15.5 Å².